The molecule has 0 radical (unpaired) electrons. The zero-order chi connectivity index (χ0) is 19.1. The summed E-state index contributed by atoms with van der Waals surface area (Å²) in [5.41, 5.74) is 2.80. The molecule has 4 nitrogen and oxygen atoms in total. The van der Waals surface area contributed by atoms with Crippen LogP contribution in [0.15, 0.2) is 65.2 Å². The van der Waals surface area contributed by atoms with Crippen LogP contribution in [-0.2, 0) is 6.54 Å². The molecule has 1 aromatic heterocycles. The van der Waals surface area contributed by atoms with Crippen LogP contribution in [0, 0.1) is 11.7 Å². The van der Waals surface area contributed by atoms with Gasteiger partial charge in [0.15, 0.2) is 0 Å². The standard InChI is InChI=1S/C23H20FN3O/c1-15-12-27(13-15)14-17-9-10-21(20-8-3-2-7-19(17)20)22-25-23(28-26-22)16-5-4-6-18(24)11-16/h2-11,15H,12-14H2,1H3. The fraction of sp³-hybridized carbons (Fsp3) is 0.217. The molecule has 1 aliphatic heterocycles. The molecule has 0 spiro atoms. The summed E-state index contributed by atoms with van der Waals surface area (Å²) in [4.78, 5) is 6.98. The van der Waals surface area contributed by atoms with E-state index in [9.17, 15) is 4.39 Å². The summed E-state index contributed by atoms with van der Waals surface area (Å²) in [5.74, 6) is 1.29. The summed E-state index contributed by atoms with van der Waals surface area (Å²) in [5, 5.41) is 6.45. The van der Waals surface area contributed by atoms with Gasteiger partial charge in [-0.05, 0) is 40.5 Å². The molecular weight excluding hydrogens is 353 g/mol. The van der Waals surface area contributed by atoms with E-state index < -0.39 is 0 Å². The second-order valence-electron chi connectivity index (χ2n) is 7.55. The normalized spacial score (nSPS) is 15.1. The van der Waals surface area contributed by atoms with Gasteiger partial charge in [0.25, 0.3) is 5.89 Å². The van der Waals surface area contributed by atoms with Crippen molar-refractivity contribution in [2.24, 2.45) is 5.92 Å². The van der Waals surface area contributed by atoms with Crippen LogP contribution in [-0.4, -0.2) is 28.1 Å². The van der Waals surface area contributed by atoms with E-state index in [1.807, 2.05) is 6.07 Å². The topological polar surface area (TPSA) is 42.2 Å². The fourth-order valence-corrected chi connectivity index (χ4v) is 3.96. The molecule has 140 valence electrons. The molecular formula is C23H20FN3O. The van der Waals surface area contributed by atoms with Gasteiger partial charge < -0.3 is 4.52 Å². The van der Waals surface area contributed by atoms with E-state index in [-0.39, 0.29) is 5.82 Å². The minimum Gasteiger partial charge on any atom is -0.334 e. The predicted octanol–water partition coefficient (Wildman–Crippen LogP) is 5.15. The third kappa shape index (κ3) is 3.08. The Balaban J connectivity index is 1.53. The molecule has 5 heteroatoms. The molecule has 0 N–H and O–H groups in total. The lowest BCUT2D eigenvalue weighted by molar-refractivity contribution is 0.105. The molecule has 1 fully saturated rings. The highest BCUT2D eigenvalue weighted by molar-refractivity contribution is 5.97. The van der Waals surface area contributed by atoms with Crippen molar-refractivity contribution < 1.29 is 8.91 Å². The number of fused-ring (bicyclic) bond motifs is 1. The van der Waals surface area contributed by atoms with Gasteiger partial charge in [0.1, 0.15) is 5.82 Å². The minimum absolute atomic E-state index is 0.317. The first-order chi connectivity index (χ1) is 13.7. The van der Waals surface area contributed by atoms with Gasteiger partial charge in [0.2, 0.25) is 5.82 Å². The molecule has 0 amide bonds. The molecule has 0 bridgehead atoms. The highest BCUT2D eigenvalue weighted by Crippen LogP contribution is 2.32. The quantitative estimate of drug-likeness (QED) is 0.496. The van der Waals surface area contributed by atoms with Gasteiger partial charge >= 0.3 is 0 Å². The van der Waals surface area contributed by atoms with Crippen molar-refractivity contribution >= 4 is 10.8 Å². The van der Waals surface area contributed by atoms with Crippen molar-refractivity contribution in [2.75, 3.05) is 13.1 Å². The van der Waals surface area contributed by atoms with Crippen LogP contribution in [0.1, 0.15) is 12.5 Å². The Morgan fingerprint density at radius 3 is 2.64 bits per heavy atom. The van der Waals surface area contributed by atoms with Crippen LogP contribution in [0.4, 0.5) is 4.39 Å². The average Bonchev–Trinajstić information content (AvgIpc) is 3.17. The maximum atomic E-state index is 13.5. The molecule has 0 aliphatic carbocycles. The number of nitrogens with zero attached hydrogens (tertiary/aromatic N) is 3. The molecule has 4 aromatic rings. The third-order valence-electron chi connectivity index (χ3n) is 5.29. The summed E-state index contributed by atoms with van der Waals surface area (Å²) < 4.78 is 18.9. The van der Waals surface area contributed by atoms with Crippen molar-refractivity contribution in [1.29, 1.82) is 0 Å². The van der Waals surface area contributed by atoms with Gasteiger partial charge in [0.05, 0.1) is 0 Å². The number of hydrogen-bond donors (Lipinski definition) is 0. The average molecular weight is 373 g/mol. The van der Waals surface area contributed by atoms with Crippen molar-refractivity contribution in [1.82, 2.24) is 15.0 Å². The molecule has 0 unspecified atom stereocenters. The van der Waals surface area contributed by atoms with Crippen molar-refractivity contribution in [3.8, 4) is 22.8 Å². The number of aromatic nitrogens is 2. The Morgan fingerprint density at radius 2 is 1.86 bits per heavy atom. The first-order valence-corrected chi connectivity index (χ1v) is 9.50. The smallest absolute Gasteiger partial charge is 0.258 e. The number of hydrogen-bond acceptors (Lipinski definition) is 4. The van der Waals surface area contributed by atoms with Crippen LogP contribution in [0.5, 0.6) is 0 Å². The SMILES string of the molecule is CC1CN(Cc2ccc(-c3noc(-c4cccc(F)c4)n3)c3ccccc23)C1. The zero-order valence-corrected chi connectivity index (χ0v) is 15.6. The third-order valence-corrected chi connectivity index (χ3v) is 5.29. The summed E-state index contributed by atoms with van der Waals surface area (Å²) in [7, 11) is 0. The molecule has 1 saturated heterocycles. The van der Waals surface area contributed by atoms with Crippen molar-refractivity contribution in [3.63, 3.8) is 0 Å². The van der Waals surface area contributed by atoms with E-state index in [0.717, 1.165) is 36.5 Å². The van der Waals surface area contributed by atoms with E-state index >= 15 is 0 Å². The number of rotatable bonds is 4. The molecule has 2 heterocycles. The van der Waals surface area contributed by atoms with Gasteiger partial charge in [-0.2, -0.15) is 4.98 Å². The minimum atomic E-state index is -0.327. The van der Waals surface area contributed by atoms with Crippen LogP contribution in [0.25, 0.3) is 33.6 Å². The largest absolute Gasteiger partial charge is 0.334 e. The van der Waals surface area contributed by atoms with E-state index in [0.29, 0.717) is 17.3 Å². The molecule has 28 heavy (non-hydrogen) atoms. The first kappa shape index (κ1) is 17.1. The van der Waals surface area contributed by atoms with E-state index in [4.69, 9.17) is 4.52 Å². The summed E-state index contributed by atoms with van der Waals surface area (Å²) in [6.45, 7) is 5.53. The van der Waals surface area contributed by atoms with Crippen molar-refractivity contribution in [3.05, 3.63) is 72.0 Å². The number of benzene rings is 3. The Bertz CT molecular complexity index is 1150. The van der Waals surface area contributed by atoms with Crippen molar-refractivity contribution in [2.45, 2.75) is 13.5 Å². The van der Waals surface area contributed by atoms with E-state index in [1.54, 1.807) is 12.1 Å². The predicted molar refractivity (Wildman–Crippen MR) is 107 cm³/mol. The number of likely N-dealkylation sites (tertiary alicyclic amines) is 1. The highest BCUT2D eigenvalue weighted by Gasteiger charge is 2.23. The van der Waals surface area contributed by atoms with Crippen LogP contribution in [0.2, 0.25) is 0 Å². The second kappa shape index (κ2) is 6.84. The maximum absolute atomic E-state index is 13.5. The first-order valence-electron chi connectivity index (χ1n) is 9.50. The van der Waals surface area contributed by atoms with Gasteiger partial charge in [-0.3, -0.25) is 4.90 Å². The highest BCUT2D eigenvalue weighted by atomic mass is 19.1. The Morgan fingerprint density at radius 1 is 1.04 bits per heavy atom. The Hall–Kier alpha value is -3.05. The zero-order valence-electron chi connectivity index (χ0n) is 15.6. The van der Waals surface area contributed by atoms with E-state index in [2.05, 4.69) is 52.3 Å². The lowest BCUT2D eigenvalue weighted by Gasteiger charge is -2.37. The van der Waals surface area contributed by atoms with Crippen LogP contribution >= 0.6 is 0 Å². The Labute approximate surface area is 162 Å². The molecule has 1 aliphatic rings. The summed E-state index contributed by atoms with van der Waals surface area (Å²) in [6, 6.07) is 18.7. The van der Waals surface area contributed by atoms with Crippen LogP contribution < -0.4 is 0 Å². The maximum Gasteiger partial charge on any atom is 0.258 e. The number of halogens is 1. The summed E-state index contributed by atoms with van der Waals surface area (Å²) >= 11 is 0. The van der Waals surface area contributed by atoms with Gasteiger partial charge in [-0.15, -0.1) is 0 Å². The van der Waals surface area contributed by atoms with Gasteiger partial charge in [-0.1, -0.05) is 54.5 Å². The Kier molecular flexibility index (Phi) is 4.17. The van der Waals surface area contributed by atoms with Gasteiger partial charge in [0, 0.05) is 30.8 Å². The second-order valence-corrected chi connectivity index (χ2v) is 7.55. The monoisotopic (exact) mass is 373 g/mol. The van der Waals surface area contributed by atoms with Crippen LogP contribution in [0.3, 0.4) is 0 Å². The summed E-state index contributed by atoms with van der Waals surface area (Å²) in [6.07, 6.45) is 0. The molecule has 0 saturated carbocycles. The molecule has 3 aromatic carbocycles. The lowest BCUT2D eigenvalue weighted by atomic mass is 9.96. The lowest BCUT2D eigenvalue weighted by Crippen LogP contribution is -2.44. The van der Waals surface area contributed by atoms with Gasteiger partial charge in [-0.25, -0.2) is 4.39 Å². The molecule has 0 atom stereocenters. The molecule has 5 rings (SSSR count). The van der Waals surface area contributed by atoms with E-state index in [1.165, 1.54) is 23.1 Å². The fourth-order valence-electron chi connectivity index (χ4n) is 3.96.